The molecule has 1 saturated carbocycles. The smallest absolute Gasteiger partial charge is 0.217 e. The van der Waals surface area contributed by atoms with Crippen LogP contribution in [0.15, 0.2) is 0 Å². The molecule has 1 aliphatic carbocycles. The molecular formula is C12H25OSi. The van der Waals surface area contributed by atoms with Crippen LogP contribution in [0.2, 0.25) is 11.1 Å². The standard InChI is InChI=1S/C12H25OSi/c1-10(2)14(11(3)4)13-12-8-6-5-7-9-12/h10-12H,5-9H2,1-4H3. The van der Waals surface area contributed by atoms with E-state index in [0.29, 0.717) is 6.10 Å². The van der Waals surface area contributed by atoms with E-state index in [1.165, 1.54) is 32.1 Å². The Bertz CT molecular complexity index is 142. The van der Waals surface area contributed by atoms with E-state index in [9.17, 15) is 0 Å². The molecule has 0 heterocycles. The Hall–Kier alpha value is 0.177. The Kier molecular flexibility index (Phi) is 5.17. The fourth-order valence-electron chi connectivity index (χ4n) is 2.31. The first kappa shape index (κ1) is 12.2. The first-order valence-electron chi connectivity index (χ1n) is 6.14. The van der Waals surface area contributed by atoms with Crippen LogP contribution in [0.3, 0.4) is 0 Å². The number of hydrogen-bond acceptors (Lipinski definition) is 1. The van der Waals surface area contributed by atoms with Gasteiger partial charge in [-0.25, -0.2) is 0 Å². The summed E-state index contributed by atoms with van der Waals surface area (Å²) >= 11 is 0. The monoisotopic (exact) mass is 213 g/mol. The second-order valence-corrected chi connectivity index (χ2v) is 8.44. The third kappa shape index (κ3) is 3.74. The molecule has 14 heavy (non-hydrogen) atoms. The molecule has 0 saturated heterocycles. The summed E-state index contributed by atoms with van der Waals surface area (Å²) in [6, 6.07) is 0. The van der Waals surface area contributed by atoms with Gasteiger partial charge in [0.05, 0.1) is 0 Å². The van der Waals surface area contributed by atoms with E-state index in [4.69, 9.17) is 4.43 Å². The van der Waals surface area contributed by atoms with Crippen molar-refractivity contribution < 1.29 is 4.43 Å². The van der Waals surface area contributed by atoms with Gasteiger partial charge in [0, 0.05) is 6.10 Å². The van der Waals surface area contributed by atoms with Gasteiger partial charge in [-0.3, -0.25) is 0 Å². The highest BCUT2D eigenvalue weighted by atomic mass is 28.3. The molecule has 0 unspecified atom stereocenters. The SMILES string of the molecule is CC(C)[Si](OC1CCCCC1)C(C)C. The van der Waals surface area contributed by atoms with Crippen LogP contribution in [0.25, 0.3) is 0 Å². The van der Waals surface area contributed by atoms with Gasteiger partial charge in [0.1, 0.15) is 0 Å². The fourth-order valence-corrected chi connectivity index (χ4v) is 4.81. The van der Waals surface area contributed by atoms with E-state index in [-0.39, 0.29) is 0 Å². The topological polar surface area (TPSA) is 9.23 Å². The lowest BCUT2D eigenvalue weighted by atomic mass is 9.98. The molecule has 0 amide bonds. The van der Waals surface area contributed by atoms with Crippen molar-refractivity contribution >= 4 is 9.04 Å². The van der Waals surface area contributed by atoms with Crippen molar-refractivity contribution in [2.45, 2.75) is 77.0 Å². The van der Waals surface area contributed by atoms with Crippen LogP contribution in [0.4, 0.5) is 0 Å². The maximum Gasteiger partial charge on any atom is 0.217 e. The molecule has 83 valence electrons. The minimum absolute atomic E-state index is 0.578. The first-order valence-corrected chi connectivity index (χ1v) is 7.71. The van der Waals surface area contributed by atoms with Gasteiger partial charge >= 0.3 is 0 Å². The molecule has 1 fully saturated rings. The zero-order valence-electron chi connectivity index (χ0n) is 10.2. The molecule has 0 aromatic heterocycles. The third-order valence-corrected chi connectivity index (χ3v) is 5.87. The van der Waals surface area contributed by atoms with E-state index >= 15 is 0 Å². The molecule has 0 aromatic carbocycles. The van der Waals surface area contributed by atoms with Crippen LogP contribution >= 0.6 is 0 Å². The zero-order valence-corrected chi connectivity index (χ0v) is 11.2. The molecule has 0 bridgehead atoms. The lowest BCUT2D eigenvalue weighted by Crippen LogP contribution is -2.32. The Morgan fingerprint density at radius 1 is 0.929 bits per heavy atom. The Balaban J connectivity index is 2.37. The highest BCUT2D eigenvalue weighted by molar-refractivity contribution is 6.55. The molecule has 1 rings (SSSR count). The van der Waals surface area contributed by atoms with E-state index in [2.05, 4.69) is 27.7 Å². The number of hydrogen-bond donors (Lipinski definition) is 0. The highest BCUT2D eigenvalue weighted by Gasteiger charge is 2.26. The van der Waals surface area contributed by atoms with Crippen molar-refractivity contribution in [2.75, 3.05) is 0 Å². The third-order valence-electron chi connectivity index (χ3n) is 2.99. The molecule has 0 spiro atoms. The second-order valence-electron chi connectivity index (χ2n) is 5.09. The summed E-state index contributed by atoms with van der Waals surface area (Å²) in [5, 5.41) is 0. The predicted octanol–water partition coefficient (Wildman–Crippen LogP) is 4.15. The molecule has 2 heteroatoms. The minimum Gasteiger partial charge on any atom is -0.413 e. The van der Waals surface area contributed by atoms with Crippen molar-refractivity contribution in [1.82, 2.24) is 0 Å². The summed E-state index contributed by atoms with van der Waals surface area (Å²) in [6.07, 6.45) is 7.42. The highest BCUT2D eigenvalue weighted by Crippen LogP contribution is 2.27. The van der Waals surface area contributed by atoms with Crippen molar-refractivity contribution in [2.24, 2.45) is 0 Å². The van der Waals surface area contributed by atoms with Gasteiger partial charge in [0.25, 0.3) is 0 Å². The van der Waals surface area contributed by atoms with Crippen LogP contribution in [-0.4, -0.2) is 15.1 Å². The first-order chi connectivity index (χ1) is 6.61. The van der Waals surface area contributed by atoms with Crippen LogP contribution in [0.1, 0.15) is 59.8 Å². The number of rotatable bonds is 4. The molecule has 1 aliphatic rings. The van der Waals surface area contributed by atoms with Crippen molar-refractivity contribution in [3.63, 3.8) is 0 Å². The zero-order chi connectivity index (χ0) is 10.6. The van der Waals surface area contributed by atoms with Gasteiger partial charge in [-0.15, -0.1) is 0 Å². The van der Waals surface area contributed by atoms with Gasteiger partial charge in [0.15, 0.2) is 0 Å². The largest absolute Gasteiger partial charge is 0.413 e. The summed E-state index contributed by atoms with van der Waals surface area (Å²) in [5.74, 6) is 0. The van der Waals surface area contributed by atoms with Crippen LogP contribution in [0, 0.1) is 0 Å². The second kappa shape index (κ2) is 5.91. The lowest BCUT2D eigenvalue weighted by molar-refractivity contribution is 0.148. The fraction of sp³-hybridized carbons (Fsp3) is 1.00. The summed E-state index contributed by atoms with van der Waals surface area (Å²) in [5.41, 5.74) is 1.50. The predicted molar refractivity (Wildman–Crippen MR) is 63.9 cm³/mol. The summed E-state index contributed by atoms with van der Waals surface area (Å²) < 4.78 is 6.32. The van der Waals surface area contributed by atoms with Gasteiger partial charge < -0.3 is 4.43 Å². The van der Waals surface area contributed by atoms with Crippen molar-refractivity contribution in [3.8, 4) is 0 Å². The van der Waals surface area contributed by atoms with Gasteiger partial charge in [-0.1, -0.05) is 47.0 Å². The van der Waals surface area contributed by atoms with Gasteiger partial charge in [-0.2, -0.15) is 0 Å². The van der Waals surface area contributed by atoms with Gasteiger partial charge in [0.2, 0.25) is 9.04 Å². The Morgan fingerprint density at radius 2 is 1.43 bits per heavy atom. The Labute approximate surface area is 91.0 Å². The average Bonchev–Trinajstić information content (AvgIpc) is 2.15. The summed E-state index contributed by atoms with van der Waals surface area (Å²) in [4.78, 5) is 0. The average molecular weight is 213 g/mol. The minimum atomic E-state index is -0.578. The van der Waals surface area contributed by atoms with E-state index in [0.717, 1.165) is 11.1 Å². The van der Waals surface area contributed by atoms with E-state index in [1.54, 1.807) is 0 Å². The normalized spacial score (nSPS) is 19.9. The van der Waals surface area contributed by atoms with Gasteiger partial charge in [-0.05, 0) is 23.9 Å². The Morgan fingerprint density at radius 3 is 1.86 bits per heavy atom. The molecular weight excluding hydrogens is 188 g/mol. The molecule has 1 nitrogen and oxygen atoms in total. The van der Waals surface area contributed by atoms with Crippen LogP contribution in [0.5, 0.6) is 0 Å². The lowest BCUT2D eigenvalue weighted by Gasteiger charge is -2.30. The molecule has 0 N–H and O–H groups in total. The maximum absolute atomic E-state index is 6.32. The van der Waals surface area contributed by atoms with E-state index in [1.807, 2.05) is 0 Å². The van der Waals surface area contributed by atoms with Crippen LogP contribution < -0.4 is 0 Å². The maximum atomic E-state index is 6.32. The molecule has 1 radical (unpaired) electrons. The van der Waals surface area contributed by atoms with Crippen LogP contribution in [-0.2, 0) is 4.43 Å². The summed E-state index contributed by atoms with van der Waals surface area (Å²) in [7, 11) is -0.578. The van der Waals surface area contributed by atoms with Crippen molar-refractivity contribution in [3.05, 3.63) is 0 Å². The van der Waals surface area contributed by atoms with Crippen molar-refractivity contribution in [1.29, 1.82) is 0 Å². The molecule has 0 aromatic rings. The quantitative estimate of drug-likeness (QED) is 0.638. The molecule has 0 aliphatic heterocycles. The summed E-state index contributed by atoms with van der Waals surface area (Å²) in [6.45, 7) is 9.27. The molecule has 0 atom stereocenters. The van der Waals surface area contributed by atoms with E-state index < -0.39 is 9.04 Å².